The van der Waals surface area contributed by atoms with Crippen LogP contribution >= 0.6 is 7.26 Å². The molecule has 1 heteroatoms. The maximum atomic E-state index is 4.13. The molecule has 1 aromatic rings. The van der Waals surface area contributed by atoms with Crippen LogP contribution in [0.5, 0.6) is 0 Å². The van der Waals surface area contributed by atoms with Crippen molar-refractivity contribution in [2.45, 2.75) is 32.9 Å². The van der Waals surface area contributed by atoms with Crippen molar-refractivity contribution in [3.8, 4) is 0 Å². The number of hydrogen-bond acceptors (Lipinski definition) is 0. The Balaban J connectivity index is 3.10. The van der Waals surface area contributed by atoms with E-state index in [2.05, 4.69) is 63.5 Å². The summed E-state index contributed by atoms with van der Waals surface area (Å²) in [5, 5.41) is 0. The van der Waals surface area contributed by atoms with Crippen LogP contribution in [0.15, 0.2) is 42.7 Å². The normalized spacial score (nSPS) is 14.4. The zero-order chi connectivity index (χ0) is 12.0. The molecule has 0 amide bonds. The van der Waals surface area contributed by atoms with Crippen LogP contribution in [0.3, 0.4) is 0 Å². The van der Waals surface area contributed by atoms with Gasteiger partial charge in [-0.1, -0.05) is 0 Å². The Morgan fingerprint density at radius 2 is 1.69 bits per heavy atom. The van der Waals surface area contributed by atoms with Gasteiger partial charge in [0.1, 0.15) is 0 Å². The van der Waals surface area contributed by atoms with Gasteiger partial charge in [0.15, 0.2) is 0 Å². The Morgan fingerprint density at radius 3 is 2.06 bits per heavy atom. The minimum absolute atomic E-state index is 0.737. The van der Waals surface area contributed by atoms with E-state index in [4.69, 9.17) is 0 Å². The fraction of sp³-hybridized carbons (Fsp3) is 0.467. The van der Waals surface area contributed by atoms with Crippen LogP contribution in [-0.2, 0) is 0 Å². The summed E-state index contributed by atoms with van der Waals surface area (Å²) in [6.07, 6.45) is 3.85. The predicted octanol–water partition coefficient (Wildman–Crippen LogP) is 5.07. The fourth-order valence-electron chi connectivity index (χ4n) is 2.83. The zero-order valence-corrected chi connectivity index (χ0v) is 11.9. The molecule has 0 aromatic heterocycles. The van der Waals surface area contributed by atoms with Crippen LogP contribution in [-0.4, -0.2) is 12.3 Å². The first-order valence-corrected chi connectivity index (χ1v) is 8.99. The van der Waals surface area contributed by atoms with Gasteiger partial charge in [-0.15, -0.1) is 0 Å². The van der Waals surface area contributed by atoms with E-state index < -0.39 is 7.26 Å². The summed E-state index contributed by atoms with van der Waals surface area (Å²) in [7, 11) is -1.32. The molecular formula is C15H25P. The van der Waals surface area contributed by atoms with Gasteiger partial charge in [-0.25, -0.2) is 0 Å². The second-order valence-corrected chi connectivity index (χ2v) is 9.50. The van der Waals surface area contributed by atoms with E-state index in [1.807, 2.05) is 0 Å². The van der Waals surface area contributed by atoms with Gasteiger partial charge in [0.25, 0.3) is 0 Å². The third-order valence-electron chi connectivity index (χ3n) is 4.03. The van der Waals surface area contributed by atoms with E-state index >= 15 is 0 Å². The molecule has 0 N–H and O–H groups in total. The number of benzene rings is 1. The summed E-state index contributed by atoms with van der Waals surface area (Å²) in [6.45, 7) is 11.1. The Bertz CT molecular complexity index is 311. The van der Waals surface area contributed by atoms with Crippen molar-refractivity contribution in [2.75, 3.05) is 12.3 Å². The SMILES string of the molecule is C=C[PH](CC)(CC)C(CC)c1ccccc1. The molecule has 0 aliphatic heterocycles. The summed E-state index contributed by atoms with van der Waals surface area (Å²) >= 11 is 0. The molecule has 1 unspecified atom stereocenters. The van der Waals surface area contributed by atoms with E-state index in [1.165, 1.54) is 24.3 Å². The zero-order valence-electron chi connectivity index (χ0n) is 10.9. The molecule has 0 saturated heterocycles. The Morgan fingerprint density at radius 1 is 1.12 bits per heavy atom. The molecule has 0 heterocycles. The topological polar surface area (TPSA) is 0 Å². The summed E-state index contributed by atoms with van der Waals surface area (Å²) in [5.74, 6) is 2.31. The van der Waals surface area contributed by atoms with Crippen LogP contribution in [0.4, 0.5) is 0 Å². The fourth-order valence-corrected chi connectivity index (χ4v) is 6.85. The number of rotatable bonds is 6. The van der Waals surface area contributed by atoms with E-state index in [9.17, 15) is 0 Å². The molecule has 1 rings (SSSR count). The molecule has 0 aliphatic carbocycles. The first kappa shape index (κ1) is 13.5. The minimum atomic E-state index is -1.32. The van der Waals surface area contributed by atoms with Crippen molar-refractivity contribution in [1.82, 2.24) is 0 Å². The predicted molar refractivity (Wildman–Crippen MR) is 79.1 cm³/mol. The van der Waals surface area contributed by atoms with Gasteiger partial charge < -0.3 is 0 Å². The van der Waals surface area contributed by atoms with Gasteiger partial charge in [-0.2, -0.15) is 0 Å². The van der Waals surface area contributed by atoms with Crippen molar-refractivity contribution in [3.63, 3.8) is 0 Å². The molecule has 1 aromatic carbocycles. The summed E-state index contributed by atoms with van der Waals surface area (Å²) < 4.78 is 0. The van der Waals surface area contributed by atoms with Crippen LogP contribution in [0.25, 0.3) is 0 Å². The third-order valence-corrected chi connectivity index (χ3v) is 9.60. The van der Waals surface area contributed by atoms with Crippen LogP contribution in [0.2, 0.25) is 0 Å². The average molecular weight is 236 g/mol. The Hall–Kier alpha value is -0.610. The van der Waals surface area contributed by atoms with Crippen LogP contribution in [0.1, 0.15) is 38.4 Å². The van der Waals surface area contributed by atoms with Gasteiger partial charge in [0.05, 0.1) is 0 Å². The molecule has 16 heavy (non-hydrogen) atoms. The van der Waals surface area contributed by atoms with E-state index in [-0.39, 0.29) is 0 Å². The van der Waals surface area contributed by atoms with Crippen molar-refractivity contribution >= 4 is 7.26 Å². The molecule has 0 spiro atoms. The first-order valence-electron chi connectivity index (χ1n) is 6.42. The Labute approximate surface area is 101 Å². The van der Waals surface area contributed by atoms with Gasteiger partial charge in [0, 0.05) is 0 Å². The van der Waals surface area contributed by atoms with Crippen molar-refractivity contribution in [3.05, 3.63) is 48.3 Å². The second kappa shape index (κ2) is 6.21. The number of hydrogen-bond donors (Lipinski definition) is 0. The Kier molecular flexibility index (Phi) is 5.22. The molecule has 0 radical (unpaired) electrons. The van der Waals surface area contributed by atoms with Crippen molar-refractivity contribution < 1.29 is 0 Å². The summed E-state index contributed by atoms with van der Waals surface area (Å²) in [4.78, 5) is 0. The summed E-state index contributed by atoms with van der Waals surface area (Å²) in [5.41, 5.74) is 2.25. The van der Waals surface area contributed by atoms with Gasteiger partial charge in [-0.3, -0.25) is 0 Å². The molecule has 0 aliphatic rings. The van der Waals surface area contributed by atoms with Crippen molar-refractivity contribution in [2.24, 2.45) is 0 Å². The van der Waals surface area contributed by atoms with Crippen LogP contribution in [0, 0.1) is 0 Å². The molecule has 0 saturated carbocycles. The quantitative estimate of drug-likeness (QED) is 0.605. The molecule has 1 atom stereocenters. The third kappa shape index (κ3) is 2.55. The van der Waals surface area contributed by atoms with Gasteiger partial charge in [-0.05, 0) is 0 Å². The average Bonchev–Trinajstić information content (AvgIpc) is 2.37. The van der Waals surface area contributed by atoms with E-state index in [0.717, 1.165) is 5.66 Å². The molecule has 0 nitrogen and oxygen atoms in total. The monoisotopic (exact) mass is 236 g/mol. The maximum absolute atomic E-state index is 4.13. The molecule has 90 valence electrons. The van der Waals surface area contributed by atoms with E-state index in [1.54, 1.807) is 0 Å². The van der Waals surface area contributed by atoms with Gasteiger partial charge >= 0.3 is 101 Å². The second-order valence-electron chi connectivity index (χ2n) is 4.52. The molecule has 0 bridgehead atoms. The first-order chi connectivity index (χ1) is 7.74. The standard InChI is InChI=1S/C15H25P/c1-5-15(14-12-10-9-11-13-14)16(6-2,7-3)8-4/h6,9-13,15-16H,2,5,7-8H2,1,3-4H3. The molecule has 0 fully saturated rings. The van der Waals surface area contributed by atoms with Crippen LogP contribution < -0.4 is 0 Å². The summed E-state index contributed by atoms with van der Waals surface area (Å²) in [6, 6.07) is 11.0. The molecular weight excluding hydrogens is 211 g/mol. The van der Waals surface area contributed by atoms with E-state index in [0.29, 0.717) is 0 Å². The van der Waals surface area contributed by atoms with Crippen molar-refractivity contribution in [1.29, 1.82) is 0 Å². The van der Waals surface area contributed by atoms with Gasteiger partial charge in [0.2, 0.25) is 0 Å².